The van der Waals surface area contributed by atoms with Crippen LogP contribution < -0.4 is 5.73 Å². The summed E-state index contributed by atoms with van der Waals surface area (Å²) in [5, 5.41) is 0. The lowest BCUT2D eigenvalue weighted by atomic mass is 9.99. The molecule has 1 heterocycles. The van der Waals surface area contributed by atoms with Crippen LogP contribution in [0.3, 0.4) is 0 Å². The van der Waals surface area contributed by atoms with Crippen molar-refractivity contribution < 1.29 is 0 Å². The Morgan fingerprint density at radius 3 is 2.83 bits per heavy atom. The van der Waals surface area contributed by atoms with Gasteiger partial charge in [0.1, 0.15) is 0 Å². The van der Waals surface area contributed by atoms with Gasteiger partial charge in [0.05, 0.1) is 11.7 Å². The average Bonchev–Trinajstić information content (AvgIpc) is 2.87. The van der Waals surface area contributed by atoms with Crippen molar-refractivity contribution in [2.75, 3.05) is 0 Å². The first-order valence-corrected chi connectivity index (χ1v) is 6.60. The highest BCUT2D eigenvalue weighted by molar-refractivity contribution is 5.35. The molecule has 1 aliphatic rings. The van der Waals surface area contributed by atoms with Crippen molar-refractivity contribution in [3.63, 3.8) is 0 Å². The van der Waals surface area contributed by atoms with Gasteiger partial charge in [-0.05, 0) is 54.5 Å². The van der Waals surface area contributed by atoms with Gasteiger partial charge >= 0.3 is 0 Å². The Morgan fingerprint density at radius 2 is 2.00 bits per heavy atom. The van der Waals surface area contributed by atoms with Gasteiger partial charge in [0.25, 0.3) is 0 Å². The predicted octanol–water partition coefficient (Wildman–Crippen LogP) is 2.81. The number of hydrogen-bond donors (Lipinski definition) is 1. The van der Waals surface area contributed by atoms with E-state index in [9.17, 15) is 0 Å². The minimum Gasteiger partial charge on any atom is -0.322 e. The van der Waals surface area contributed by atoms with E-state index in [4.69, 9.17) is 5.73 Å². The molecule has 0 saturated carbocycles. The maximum absolute atomic E-state index is 6.21. The minimum atomic E-state index is -0.00865. The van der Waals surface area contributed by atoms with Gasteiger partial charge < -0.3 is 5.73 Å². The molecule has 1 atom stereocenters. The summed E-state index contributed by atoms with van der Waals surface area (Å²) in [6, 6.07) is 12.7. The molecule has 0 spiro atoms. The van der Waals surface area contributed by atoms with E-state index in [0.29, 0.717) is 0 Å². The average molecular weight is 238 g/mol. The molecule has 1 aliphatic carbocycles. The standard InChI is InChI=1S/C16H18N2/c17-15(16-6-1-2-9-18-16)11-12-7-8-13-4-3-5-14(13)10-12/h1-2,6-10,15H,3-5,11,17H2. The number of fused-ring (bicyclic) bond motifs is 1. The zero-order valence-electron chi connectivity index (χ0n) is 10.5. The molecule has 92 valence electrons. The molecule has 0 radical (unpaired) electrons. The highest BCUT2D eigenvalue weighted by Crippen LogP contribution is 2.24. The van der Waals surface area contributed by atoms with Crippen LogP contribution in [-0.2, 0) is 19.3 Å². The summed E-state index contributed by atoms with van der Waals surface area (Å²) in [6.07, 6.45) is 6.43. The van der Waals surface area contributed by atoms with Crippen LogP contribution in [0.5, 0.6) is 0 Å². The van der Waals surface area contributed by atoms with Crippen molar-refractivity contribution in [1.82, 2.24) is 4.98 Å². The van der Waals surface area contributed by atoms with Crippen LogP contribution in [0, 0.1) is 0 Å². The first-order chi connectivity index (χ1) is 8.83. The molecular formula is C16H18N2. The SMILES string of the molecule is NC(Cc1ccc2c(c1)CCC2)c1ccccn1. The Bertz CT molecular complexity index is 534. The van der Waals surface area contributed by atoms with Crippen LogP contribution in [0.25, 0.3) is 0 Å². The molecule has 2 aromatic rings. The Hall–Kier alpha value is -1.67. The fraction of sp³-hybridized carbons (Fsp3) is 0.312. The number of hydrogen-bond acceptors (Lipinski definition) is 2. The molecule has 0 saturated heterocycles. The summed E-state index contributed by atoms with van der Waals surface area (Å²) in [4.78, 5) is 4.32. The van der Waals surface area contributed by atoms with Gasteiger partial charge in [0.2, 0.25) is 0 Å². The summed E-state index contributed by atoms with van der Waals surface area (Å²) >= 11 is 0. The summed E-state index contributed by atoms with van der Waals surface area (Å²) < 4.78 is 0. The summed E-state index contributed by atoms with van der Waals surface area (Å²) in [6.45, 7) is 0. The number of aromatic nitrogens is 1. The molecule has 0 fully saturated rings. The first-order valence-electron chi connectivity index (χ1n) is 6.60. The second-order valence-corrected chi connectivity index (χ2v) is 5.02. The molecule has 3 rings (SSSR count). The van der Waals surface area contributed by atoms with Gasteiger partial charge in [-0.3, -0.25) is 4.98 Å². The van der Waals surface area contributed by atoms with E-state index in [1.165, 1.54) is 36.0 Å². The van der Waals surface area contributed by atoms with E-state index in [1.807, 2.05) is 18.2 Å². The first kappa shape index (κ1) is 11.4. The molecule has 2 N–H and O–H groups in total. The van der Waals surface area contributed by atoms with Gasteiger partial charge in [0, 0.05) is 6.20 Å². The number of nitrogens with zero attached hydrogens (tertiary/aromatic N) is 1. The highest BCUT2D eigenvalue weighted by atomic mass is 14.8. The van der Waals surface area contributed by atoms with E-state index >= 15 is 0 Å². The predicted molar refractivity (Wildman–Crippen MR) is 73.3 cm³/mol. The molecule has 18 heavy (non-hydrogen) atoms. The zero-order chi connectivity index (χ0) is 12.4. The van der Waals surface area contributed by atoms with Gasteiger partial charge in [0.15, 0.2) is 0 Å². The maximum atomic E-state index is 6.21. The van der Waals surface area contributed by atoms with Crippen molar-refractivity contribution >= 4 is 0 Å². The monoisotopic (exact) mass is 238 g/mol. The fourth-order valence-electron chi connectivity index (χ4n) is 2.71. The lowest BCUT2D eigenvalue weighted by molar-refractivity contribution is 0.696. The maximum Gasteiger partial charge on any atom is 0.0574 e. The zero-order valence-corrected chi connectivity index (χ0v) is 10.5. The topological polar surface area (TPSA) is 38.9 Å². The molecule has 0 bridgehead atoms. The largest absolute Gasteiger partial charge is 0.322 e. The van der Waals surface area contributed by atoms with Crippen LogP contribution in [0.2, 0.25) is 0 Å². The highest BCUT2D eigenvalue weighted by Gasteiger charge is 2.13. The molecule has 0 aliphatic heterocycles. The van der Waals surface area contributed by atoms with Gasteiger partial charge in [-0.1, -0.05) is 24.3 Å². The lowest BCUT2D eigenvalue weighted by Crippen LogP contribution is -2.14. The van der Waals surface area contributed by atoms with Gasteiger partial charge in [-0.15, -0.1) is 0 Å². The Morgan fingerprint density at radius 1 is 1.11 bits per heavy atom. The van der Waals surface area contributed by atoms with Gasteiger partial charge in [-0.2, -0.15) is 0 Å². The van der Waals surface area contributed by atoms with E-state index in [2.05, 4.69) is 23.2 Å². The van der Waals surface area contributed by atoms with E-state index < -0.39 is 0 Å². The summed E-state index contributed by atoms with van der Waals surface area (Å²) in [5.41, 5.74) is 11.5. The van der Waals surface area contributed by atoms with E-state index in [0.717, 1.165) is 12.1 Å². The van der Waals surface area contributed by atoms with Crippen LogP contribution >= 0.6 is 0 Å². The minimum absolute atomic E-state index is 0.00865. The third kappa shape index (κ3) is 2.29. The van der Waals surface area contributed by atoms with Crippen molar-refractivity contribution in [1.29, 1.82) is 0 Å². The molecule has 1 aromatic carbocycles. The summed E-state index contributed by atoms with van der Waals surface area (Å²) in [5.74, 6) is 0. The quantitative estimate of drug-likeness (QED) is 0.893. The Labute approximate surface area is 108 Å². The molecule has 1 unspecified atom stereocenters. The van der Waals surface area contributed by atoms with Crippen LogP contribution in [-0.4, -0.2) is 4.98 Å². The molecule has 2 nitrogen and oxygen atoms in total. The number of pyridine rings is 1. The number of rotatable bonds is 3. The third-order valence-corrected chi connectivity index (χ3v) is 3.69. The molecular weight excluding hydrogens is 220 g/mol. The van der Waals surface area contributed by atoms with Crippen molar-refractivity contribution in [2.45, 2.75) is 31.7 Å². The second kappa shape index (κ2) is 4.91. The van der Waals surface area contributed by atoms with Crippen LogP contribution in [0.4, 0.5) is 0 Å². The number of nitrogens with two attached hydrogens (primary N) is 1. The van der Waals surface area contributed by atoms with Crippen molar-refractivity contribution in [2.24, 2.45) is 5.73 Å². The Kier molecular flexibility index (Phi) is 3.11. The normalized spacial score (nSPS) is 15.4. The van der Waals surface area contributed by atoms with Crippen LogP contribution in [0.15, 0.2) is 42.6 Å². The van der Waals surface area contributed by atoms with Crippen LogP contribution in [0.1, 0.15) is 34.8 Å². The smallest absolute Gasteiger partial charge is 0.0574 e. The van der Waals surface area contributed by atoms with Crippen molar-refractivity contribution in [3.8, 4) is 0 Å². The number of aryl methyl sites for hydroxylation is 2. The molecule has 2 heteroatoms. The van der Waals surface area contributed by atoms with E-state index in [1.54, 1.807) is 6.20 Å². The van der Waals surface area contributed by atoms with Crippen molar-refractivity contribution in [3.05, 3.63) is 65.0 Å². The molecule has 1 aromatic heterocycles. The molecule has 0 amide bonds. The fourth-order valence-corrected chi connectivity index (χ4v) is 2.71. The summed E-state index contributed by atoms with van der Waals surface area (Å²) in [7, 11) is 0. The lowest BCUT2D eigenvalue weighted by Gasteiger charge is -2.12. The van der Waals surface area contributed by atoms with Gasteiger partial charge in [-0.25, -0.2) is 0 Å². The second-order valence-electron chi connectivity index (χ2n) is 5.02. The van der Waals surface area contributed by atoms with E-state index in [-0.39, 0.29) is 6.04 Å². The number of benzene rings is 1. The third-order valence-electron chi connectivity index (χ3n) is 3.69. The Balaban J connectivity index is 1.77.